The van der Waals surface area contributed by atoms with E-state index >= 15 is 0 Å². The van der Waals surface area contributed by atoms with Crippen LogP contribution in [0.1, 0.15) is 25.7 Å². The zero-order chi connectivity index (χ0) is 9.52. The van der Waals surface area contributed by atoms with Crippen molar-refractivity contribution in [1.82, 2.24) is 5.32 Å². The first kappa shape index (κ1) is 10.7. The number of hydrogen-bond donors (Lipinski definition) is 1. The van der Waals surface area contributed by atoms with E-state index in [0.29, 0.717) is 6.42 Å². The van der Waals surface area contributed by atoms with Crippen molar-refractivity contribution in [2.24, 2.45) is 5.92 Å². The molecule has 0 amide bonds. The lowest BCUT2D eigenvalue weighted by molar-refractivity contribution is -0.122. The number of methoxy groups -OCH3 is 1. The monoisotopic (exact) mass is 185 g/mol. The lowest BCUT2D eigenvalue weighted by Gasteiger charge is -2.21. The highest BCUT2D eigenvalue weighted by molar-refractivity contribution is 5.79. The molecular weight excluding hydrogens is 166 g/mol. The second-order valence-electron chi connectivity index (χ2n) is 3.70. The minimum Gasteiger partial charge on any atom is -0.377 e. The van der Waals surface area contributed by atoms with Gasteiger partial charge in [0.05, 0.1) is 0 Å². The molecule has 0 bridgehead atoms. The van der Waals surface area contributed by atoms with Gasteiger partial charge >= 0.3 is 0 Å². The molecule has 13 heavy (non-hydrogen) atoms. The van der Waals surface area contributed by atoms with Crippen LogP contribution in [0.3, 0.4) is 0 Å². The summed E-state index contributed by atoms with van der Waals surface area (Å²) in [6, 6.07) is 0. The quantitative estimate of drug-likeness (QED) is 0.694. The first-order valence-corrected chi connectivity index (χ1v) is 5.04. The zero-order valence-corrected chi connectivity index (χ0v) is 8.34. The van der Waals surface area contributed by atoms with E-state index in [2.05, 4.69) is 5.32 Å². The fourth-order valence-corrected chi connectivity index (χ4v) is 1.77. The van der Waals surface area contributed by atoms with Crippen molar-refractivity contribution >= 4 is 5.78 Å². The molecule has 1 heterocycles. The second-order valence-corrected chi connectivity index (χ2v) is 3.70. The molecular formula is C10H19NO2. The molecule has 0 aromatic rings. The van der Waals surface area contributed by atoms with Crippen molar-refractivity contribution in [2.45, 2.75) is 25.7 Å². The van der Waals surface area contributed by atoms with Gasteiger partial charge in [-0.2, -0.15) is 0 Å². The molecule has 1 aliphatic heterocycles. The van der Waals surface area contributed by atoms with Crippen LogP contribution in [-0.4, -0.2) is 32.6 Å². The van der Waals surface area contributed by atoms with Crippen LogP contribution in [0, 0.1) is 5.92 Å². The number of piperidine rings is 1. The van der Waals surface area contributed by atoms with Gasteiger partial charge in [-0.15, -0.1) is 0 Å². The summed E-state index contributed by atoms with van der Waals surface area (Å²) in [7, 11) is 1.57. The van der Waals surface area contributed by atoms with Crippen LogP contribution in [0.5, 0.6) is 0 Å². The Hall–Kier alpha value is -0.410. The van der Waals surface area contributed by atoms with Crippen LogP contribution < -0.4 is 5.32 Å². The maximum Gasteiger partial charge on any atom is 0.158 e. The summed E-state index contributed by atoms with van der Waals surface area (Å²) < 4.78 is 4.78. The maximum absolute atomic E-state index is 11.1. The average Bonchev–Trinajstić information content (AvgIpc) is 2.17. The smallest absolute Gasteiger partial charge is 0.158 e. The van der Waals surface area contributed by atoms with Crippen LogP contribution in [0.15, 0.2) is 0 Å². The Morgan fingerprint density at radius 1 is 1.46 bits per heavy atom. The highest BCUT2D eigenvalue weighted by atomic mass is 16.5. The second kappa shape index (κ2) is 6.11. The van der Waals surface area contributed by atoms with Crippen LogP contribution in [-0.2, 0) is 9.53 Å². The average molecular weight is 185 g/mol. The van der Waals surface area contributed by atoms with Gasteiger partial charge in [0.2, 0.25) is 0 Å². The Balaban J connectivity index is 2.06. The maximum atomic E-state index is 11.1. The molecule has 0 aromatic carbocycles. The van der Waals surface area contributed by atoms with E-state index in [4.69, 9.17) is 4.74 Å². The predicted octanol–water partition coefficient (Wildman–Crippen LogP) is 0.982. The van der Waals surface area contributed by atoms with Gasteiger partial charge in [-0.1, -0.05) is 0 Å². The third-order valence-corrected chi connectivity index (χ3v) is 2.60. The van der Waals surface area contributed by atoms with Crippen LogP contribution in [0.2, 0.25) is 0 Å². The third-order valence-electron chi connectivity index (χ3n) is 2.60. The van der Waals surface area contributed by atoms with Crippen LogP contribution >= 0.6 is 0 Å². The molecule has 3 nitrogen and oxygen atoms in total. The van der Waals surface area contributed by atoms with Crippen molar-refractivity contribution < 1.29 is 9.53 Å². The number of carbonyl (C=O) groups is 1. The minimum atomic E-state index is 0.237. The summed E-state index contributed by atoms with van der Waals surface area (Å²) in [5.41, 5.74) is 0. The summed E-state index contributed by atoms with van der Waals surface area (Å²) in [6.07, 6.45) is 4.18. The number of hydrogen-bond acceptors (Lipinski definition) is 3. The molecule has 0 unspecified atom stereocenters. The van der Waals surface area contributed by atoms with E-state index in [0.717, 1.165) is 25.4 Å². The largest absolute Gasteiger partial charge is 0.377 e. The van der Waals surface area contributed by atoms with Gasteiger partial charge in [-0.25, -0.2) is 0 Å². The summed E-state index contributed by atoms with van der Waals surface area (Å²) in [5, 5.41) is 3.32. The molecule has 1 N–H and O–H groups in total. The SMILES string of the molecule is COCC(=O)CCC1CCNCC1. The molecule has 76 valence electrons. The van der Waals surface area contributed by atoms with Crippen molar-refractivity contribution in [3.05, 3.63) is 0 Å². The number of ketones is 1. The molecule has 1 saturated heterocycles. The van der Waals surface area contributed by atoms with E-state index < -0.39 is 0 Å². The fourth-order valence-electron chi connectivity index (χ4n) is 1.77. The van der Waals surface area contributed by atoms with Gasteiger partial charge in [-0.3, -0.25) is 4.79 Å². The molecule has 0 aromatic heterocycles. The summed E-state index contributed by atoms with van der Waals surface area (Å²) in [6.45, 7) is 2.51. The first-order chi connectivity index (χ1) is 6.33. The lowest BCUT2D eigenvalue weighted by atomic mass is 9.92. The summed E-state index contributed by atoms with van der Waals surface area (Å²) >= 11 is 0. The van der Waals surface area contributed by atoms with Crippen molar-refractivity contribution in [2.75, 3.05) is 26.8 Å². The number of Topliss-reactive ketones (excluding diaryl/α,β-unsaturated/α-hetero) is 1. The van der Waals surface area contributed by atoms with Gasteiger partial charge < -0.3 is 10.1 Å². The van der Waals surface area contributed by atoms with E-state index in [9.17, 15) is 4.79 Å². The lowest BCUT2D eigenvalue weighted by Crippen LogP contribution is -2.28. The molecule has 1 aliphatic rings. The highest BCUT2D eigenvalue weighted by Gasteiger charge is 2.13. The third kappa shape index (κ3) is 4.39. The summed E-state index contributed by atoms with van der Waals surface area (Å²) in [4.78, 5) is 11.1. The molecule has 1 rings (SSSR count). The van der Waals surface area contributed by atoms with Gasteiger partial charge in [0, 0.05) is 13.5 Å². The first-order valence-electron chi connectivity index (χ1n) is 5.04. The zero-order valence-electron chi connectivity index (χ0n) is 8.34. The van der Waals surface area contributed by atoms with Crippen molar-refractivity contribution in [3.63, 3.8) is 0 Å². The highest BCUT2D eigenvalue weighted by Crippen LogP contribution is 2.17. The minimum absolute atomic E-state index is 0.237. The standard InChI is InChI=1S/C10H19NO2/c1-13-8-10(12)3-2-9-4-6-11-7-5-9/h9,11H,2-8H2,1H3. The topological polar surface area (TPSA) is 38.3 Å². The van der Waals surface area contributed by atoms with E-state index in [1.807, 2.05) is 0 Å². The molecule has 1 fully saturated rings. The summed E-state index contributed by atoms with van der Waals surface area (Å²) in [5.74, 6) is 0.989. The van der Waals surface area contributed by atoms with Gasteiger partial charge in [0.1, 0.15) is 6.61 Å². The Morgan fingerprint density at radius 3 is 2.77 bits per heavy atom. The van der Waals surface area contributed by atoms with E-state index in [1.54, 1.807) is 7.11 Å². The normalized spacial score (nSPS) is 18.8. The molecule has 3 heteroatoms. The van der Waals surface area contributed by atoms with Gasteiger partial charge in [0.15, 0.2) is 5.78 Å². The van der Waals surface area contributed by atoms with Gasteiger partial charge in [-0.05, 0) is 38.3 Å². The Bertz CT molecular complexity index is 153. The number of nitrogens with one attached hydrogen (secondary N) is 1. The van der Waals surface area contributed by atoms with Crippen LogP contribution in [0.4, 0.5) is 0 Å². The molecule has 0 atom stereocenters. The Morgan fingerprint density at radius 2 is 2.15 bits per heavy atom. The van der Waals surface area contributed by atoms with E-state index in [1.165, 1.54) is 12.8 Å². The van der Waals surface area contributed by atoms with E-state index in [-0.39, 0.29) is 12.4 Å². The fraction of sp³-hybridized carbons (Fsp3) is 0.900. The van der Waals surface area contributed by atoms with Crippen LogP contribution in [0.25, 0.3) is 0 Å². The Kier molecular flexibility index (Phi) is 5.01. The van der Waals surface area contributed by atoms with Gasteiger partial charge in [0.25, 0.3) is 0 Å². The van der Waals surface area contributed by atoms with Crippen molar-refractivity contribution in [1.29, 1.82) is 0 Å². The molecule has 0 spiro atoms. The molecule has 0 aliphatic carbocycles. The number of ether oxygens (including phenoxy) is 1. The molecule has 0 saturated carbocycles. The number of carbonyl (C=O) groups excluding carboxylic acids is 1. The Labute approximate surface area is 79.8 Å². The molecule has 0 radical (unpaired) electrons. The predicted molar refractivity (Wildman–Crippen MR) is 51.7 cm³/mol. The van der Waals surface area contributed by atoms with Crippen molar-refractivity contribution in [3.8, 4) is 0 Å². The number of rotatable bonds is 5.